The molecular weight excluding hydrogens is 394 g/mol. The first kappa shape index (κ1) is 23.2. The average Bonchev–Trinajstić information content (AvgIpc) is 2.75. The number of nitrogens with zero attached hydrogens (tertiary/aromatic N) is 1. The third kappa shape index (κ3) is 7.75. The van der Waals surface area contributed by atoms with Crippen LogP contribution in [0.5, 0.6) is 11.5 Å². The number of alkyl halides is 2. The van der Waals surface area contributed by atoms with Crippen LogP contribution < -0.4 is 25.4 Å². The van der Waals surface area contributed by atoms with Gasteiger partial charge in [0, 0.05) is 45.0 Å². The van der Waals surface area contributed by atoms with E-state index < -0.39 is 6.61 Å². The molecule has 164 valence electrons. The third-order valence-electron chi connectivity index (χ3n) is 4.20. The SMILES string of the molecule is CN=C(NCc1ccc(NCCOC)cc1)NCc1cc(OC)ccc1OC(F)F. The number of guanidine groups is 1. The van der Waals surface area contributed by atoms with Gasteiger partial charge in [0.05, 0.1) is 13.7 Å². The number of hydrogen-bond donors (Lipinski definition) is 3. The monoisotopic (exact) mass is 422 g/mol. The van der Waals surface area contributed by atoms with Gasteiger partial charge in [-0.3, -0.25) is 4.99 Å². The molecule has 2 rings (SSSR count). The molecule has 30 heavy (non-hydrogen) atoms. The van der Waals surface area contributed by atoms with E-state index in [4.69, 9.17) is 9.47 Å². The molecule has 0 aliphatic carbocycles. The lowest BCUT2D eigenvalue weighted by Gasteiger charge is -2.15. The number of nitrogens with one attached hydrogen (secondary N) is 3. The summed E-state index contributed by atoms with van der Waals surface area (Å²) >= 11 is 0. The van der Waals surface area contributed by atoms with Crippen molar-refractivity contribution in [1.82, 2.24) is 10.6 Å². The van der Waals surface area contributed by atoms with Crippen molar-refractivity contribution >= 4 is 11.6 Å². The van der Waals surface area contributed by atoms with Crippen LogP contribution in [-0.4, -0.2) is 47.0 Å². The molecule has 0 aliphatic rings. The largest absolute Gasteiger partial charge is 0.497 e. The number of ether oxygens (including phenoxy) is 3. The molecule has 0 saturated heterocycles. The normalized spacial score (nSPS) is 11.3. The smallest absolute Gasteiger partial charge is 0.387 e. The summed E-state index contributed by atoms with van der Waals surface area (Å²) in [6, 6.07) is 12.7. The van der Waals surface area contributed by atoms with E-state index in [0.29, 0.717) is 30.4 Å². The fourth-order valence-corrected chi connectivity index (χ4v) is 2.66. The van der Waals surface area contributed by atoms with Crippen molar-refractivity contribution in [2.24, 2.45) is 4.99 Å². The molecule has 7 nitrogen and oxygen atoms in total. The maximum absolute atomic E-state index is 12.7. The Kier molecular flexibility index (Phi) is 9.66. The van der Waals surface area contributed by atoms with Crippen LogP contribution in [0.4, 0.5) is 14.5 Å². The molecule has 0 unspecified atom stereocenters. The van der Waals surface area contributed by atoms with Crippen molar-refractivity contribution in [1.29, 1.82) is 0 Å². The summed E-state index contributed by atoms with van der Waals surface area (Å²) in [5, 5.41) is 9.55. The molecule has 2 aromatic rings. The van der Waals surface area contributed by atoms with E-state index in [9.17, 15) is 8.78 Å². The Balaban J connectivity index is 1.90. The van der Waals surface area contributed by atoms with Gasteiger partial charge < -0.3 is 30.2 Å². The zero-order chi connectivity index (χ0) is 21.8. The highest BCUT2D eigenvalue weighted by molar-refractivity contribution is 5.79. The summed E-state index contributed by atoms with van der Waals surface area (Å²) in [5.41, 5.74) is 2.62. The molecule has 2 aromatic carbocycles. The fourth-order valence-electron chi connectivity index (χ4n) is 2.66. The molecule has 0 aliphatic heterocycles. The van der Waals surface area contributed by atoms with E-state index in [1.54, 1.807) is 26.3 Å². The lowest BCUT2D eigenvalue weighted by molar-refractivity contribution is -0.0504. The second kappa shape index (κ2) is 12.5. The van der Waals surface area contributed by atoms with E-state index in [0.717, 1.165) is 17.8 Å². The predicted octanol–water partition coefficient (Wildman–Crippen LogP) is 3.22. The summed E-state index contributed by atoms with van der Waals surface area (Å²) < 4.78 is 40.1. The van der Waals surface area contributed by atoms with Gasteiger partial charge in [0.1, 0.15) is 11.5 Å². The summed E-state index contributed by atoms with van der Waals surface area (Å²) in [6.45, 7) is -0.728. The molecule has 9 heteroatoms. The molecule has 0 heterocycles. The number of benzene rings is 2. The highest BCUT2D eigenvalue weighted by atomic mass is 19.3. The Morgan fingerprint density at radius 3 is 2.40 bits per heavy atom. The van der Waals surface area contributed by atoms with Gasteiger partial charge in [0.2, 0.25) is 0 Å². The van der Waals surface area contributed by atoms with Crippen LogP contribution in [0, 0.1) is 0 Å². The Labute approximate surface area is 175 Å². The van der Waals surface area contributed by atoms with Gasteiger partial charge >= 0.3 is 6.61 Å². The van der Waals surface area contributed by atoms with Gasteiger partial charge in [-0.15, -0.1) is 0 Å². The number of aliphatic imine (C=N–C) groups is 1. The zero-order valence-electron chi connectivity index (χ0n) is 17.4. The maximum atomic E-state index is 12.7. The quantitative estimate of drug-likeness (QED) is 0.293. The minimum Gasteiger partial charge on any atom is -0.497 e. The van der Waals surface area contributed by atoms with Crippen molar-refractivity contribution in [2.45, 2.75) is 19.7 Å². The molecule has 0 amide bonds. The average molecular weight is 422 g/mol. The summed E-state index contributed by atoms with van der Waals surface area (Å²) in [6.07, 6.45) is 0. The Morgan fingerprint density at radius 1 is 1.03 bits per heavy atom. The van der Waals surface area contributed by atoms with Crippen molar-refractivity contribution in [3.63, 3.8) is 0 Å². The van der Waals surface area contributed by atoms with Crippen LogP contribution >= 0.6 is 0 Å². The van der Waals surface area contributed by atoms with E-state index in [-0.39, 0.29) is 12.3 Å². The number of methoxy groups -OCH3 is 2. The first-order chi connectivity index (χ1) is 14.5. The number of halogens is 2. The highest BCUT2D eigenvalue weighted by Gasteiger charge is 2.11. The minimum atomic E-state index is -2.90. The molecule has 0 fully saturated rings. The fraction of sp³-hybridized carbons (Fsp3) is 0.381. The van der Waals surface area contributed by atoms with Crippen LogP contribution in [0.3, 0.4) is 0 Å². The Hall–Kier alpha value is -3.07. The third-order valence-corrected chi connectivity index (χ3v) is 4.20. The van der Waals surface area contributed by atoms with Crippen molar-refractivity contribution < 1.29 is 23.0 Å². The lowest BCUT2D eigenvalue weighted by Crippen LogP contribution is -2.36. The molecule has 3 N–H and O–H groups in total. The van der Waals surface area contributed by atoms with Gasteiger partial charge in [-0.25, -0.2) is 0 Å². The summed E-state index contributed by atoms with van der Waals surface area (Å²) in [4.78, 5) is 4.17. The van der Waals surface area contributed by atoms with Gasteiger partial charge in [-0.1, -0.05) is 12.1 Å². The molecule has 0 saturated carbocycles. The molecule has 0 radical (unpaired) electrons. The molecular formula is C21H28F2N4O3. The van der Waals surface area contributed by atoms with Crippen LogP contribution in [0.15, 0.2) is 47.5 Å². The minimum absolute atomic E-state index is 0.0883. The van der Waals surface area contributed by atoms with Crippen LogP contribution in [0.25, 0.3) is 0 Å². The van der Waals surface area contributed by atoms with Crippen LogP contribution in [-0.2, 0) is 17.8 Å². The second-order valence-electron chi connectivity index (χ2n) is 6.25. The van der Waals surface area contributed by atoms with Gasteiger partial charge in [0.15, 0.2) is 5.96 Å². The van der Waals surface area contributed by atoms with E-state index in [1.807, 2.05) is 24.3 Å². The van der Waals surface area contributed by atoms with Crippen molar-refractivity contribution in [2.75, 3.05) is 39.7 Å². The first-order valence-electron chi connectivity index (χ1n) is 9.43. The predicted molar refractivity (Wildman–Crippen MR) is 113 cm³/mol. The molecule has 0 spiro atoms. The second-order valence-corrected chi connectivity index (χ2v) is 6.25. The van der Waals surface area contributed by atoms with Crippen molar-refractivity contribution in [3.05, 3.63) is 53.6 Å². The van der Waals surface area contributed by atoms with Crippen molar-refractivity contribution in [3.8, 4) is 11.5 Å². The molecule has 0 atom stereocenters. The highest BCUT2D eigenvalue weighted by Crippen LogP contribution is 2.25. The van der Waals surface area contributed by atoms with Crippen LogP contribution in [0.2, 0.25) is 0 Å². The van der Waals surface area contributed by atoms with E-state index >= 15 is 0 Å². The summed E-state index contributed by atoms with van der Waals surface area (Å²) in [5.74, 6) is 1.17. The van der Waals surface area contributed by atoms with Gasteiger partial charge in [-0.2, -0.15) is 8.78 Å². The lowest BCUT2D eigenvalue weighted by atomic mass is 10.2. The first-order valence-corrected chi connectivity index (χ1v) is 9.43. The van der Waals surface area contributed by atoms with Gasteiger partial charge in [0.25, 0.3) is 0 Å². The summed E-state index contributed by atoms with van der Waals surface area (Å²) in [7, 11) is 4.82. The Morgan fingerprint density at radius 2 is 1.77 bits per heavy atom. The Bertz CT molecular complexity index is 801. The number of hydrogen-bond acceptors (Lipinski definition) is 5. The number of anilines is 1. The number of rotatable bonds is 11. The zero-order valence-corrected chi connectivity index (χ0v) is 17.4. The van der Waals surface area contributed by atoms with Crippen LogP contribution in [0.1, 0.15) is 11.1 Å². The van der Waals surface area contributed by atoms with Gasteiger partial charge in [-0.05, 0) is 35.9 Å². The van der Waals surface area contributed by atoms with E-state index in [2.05, 4.69) is 25.7 Å². The standard InChI is InChI=1S/C21H28F2N4O3/c1-24-21(26-13-15-4-6-17(7-5-15)25-10-11-28-2)27-14-16-12-18(29-3)8-9-19(16)30-20(22)23/h4-9,12,20,25H,10-11,13-14H2,1-3H3,(H2,24,26,27). The maximum Gasteiger partial charge on any atom is 0.387 e. The molecule has 0 aromatic heterocycles. The van der Waals surface area contributed by atoms with E-state index in [1.165, 1.54) is 13.2 Å². The molecule has 0 bridgehead atoms. The topological polar surface area (TPSA) is 76.1 Å².